The van der Waals surface area contributed by atoms with E-state index in [1.807, 2.05) is 89.1 Å². The summed E-state index contributed by atoms with van der Waals surface area (Å²) in [6, 6.07) is 33.1. The molecule has 8 rings (SSSR count). The normalized spacial score (nSPS) is 20.7. The van der Waals surface area contributed by atoms with Crippen LogP contribution in [0.5, 0.6) is 0 Å². The first-order valence-corrected chi connectivity index (χ1v) is 23.9. The molecule has 0 radical (unpaired) electrons. The molecular weight excluding hydrogens is 745 g/mol. The van der Waals surface area contributed by atoms with Gasteiger partial charge in [0, 0.05) is 33.2 Å². The molecule has 6 aromatic rings. The van der Waals surface area contributed by atoms with Crippen LogP contribution in [0, 0.1) is 0 Å². The van der Waals surface area contributed by atoms with Crippen molar-refractivity contribution in [2.75, 3.05) is 12.3 Å². The van der Waals surface area contributed by atoms with Crippen LogP contribution in [0.15, 0.2) is 116 Å². The van der Waals surface area contributed by atoms with Gasteiger partial charge in [0.15, 0.2) is 5.79 Å². The Kier molecular flexibility index (Phi) is 11.2. The summed E-state index contributed by atoms with van der Waals surface area (Å²) in [5.41, 5.74) is 12.8. The Balaban J connectivity index is 1.19. The van der Waals surface area contributed by atoms with E-state index in [1.54, 1.807) is 11.0 Å². The fourth-order valence-corrected chi connectivity index (χ4v) is 8.99. The molecule has 4 aromatic carbocycles. The Morgan fingerprint density at radius 3 is 1.97 bits per heavy atom. The lowest BCUT2D eigenvalue weighted by Crippen LogP contribution is -2.51. The second kappa shape index (κ2) is 16.5. The molecule has 2 fully saturated rings. The van der Waals surface area contributed by atoms with Crippen molar-refractivity contribution in [2.45, 2.75) is 102 Å². The van der Waals surface area contributed by atoms with Crippen molar-refractivity contribution in [3.63, 3.8) is 0 Å². The highest BCUT2D eigenvalue weighted by Gasteiger charge is 2.55. The molecule has 0 saturated carbocycles. The zero-order valence-electron chi connectivity index (χ0n) is 34.1. The maximum Gasteiger partial charge on any atom is 0.321 e. The number of rotatable bonds is 14. The van der Waals surface area contributed by atoms with Gasteiger partial charge >= 0.3 is 6.03 Å². The van der Waals surface area contributed by atoms with Gasteiger partial charge in [-0.25, -0.2) is 19.1 Å². The summed E-state index contributed by atoms with van der Waals surface area (Å²) in [7, 11) is -1.20. The number of aromatic nitrogens is 5. The second-order valence-corrected chi connectivity index (χ2v) is 22.9. The summed E-state index contributed by atoms with van der Waals surface area (Å²) < 4.78 is 23.4. The highest BCUT2D eigenvalue weighted by molar-refractivity contribution is 6.76. The summed E-state index contributed by atoms with van der Waals surface area (Å²) >= 11 is 0. The zero-order chi connectivity index (χ0) is 40.4. The number of urea groups is 1. The maximum absolute atomic E-state index is 15.7. The molecular formula is C45H54N8O4Si. The van der Waals surface area contributed by atoms with Crippen LogP contribution in [0.25, 0.3) is 16.6 Å². The van der Waals surface area contributed by atoms with Crippen molar-refractivity contribution in [2.24, 2.45) is 0 Å². The highest BCUT2D eigenvalue weighted by Crippen LogP contribution is 2.41. The van der Waals surface area contributed by atoms with Gasteiger partial charge < -0.3 is 29.7 Å². The number of benzene rings is 4. The summed E-state index contributed by atoms with van der Waals surface area (Å²) in [6.07, 6.45) is 5.31. The smallest absolute Gasteiger partial charge is 0.321 e. The number of nitrogens with two attached hydrogens (primary N) is 1. The Labute approximate surface area is 341 Å². The van der Waals surface area contributed by atoms with Gasteiger partial charge in [-0.2, -0.15) is 10.2 Å². The van der Waals surface area contributed by atoms with E-state index in [9.17, 15) is 0 Å². The summed E-state index contributed by atoms with van der Waals surface area (Å²) in [4.78, 5) is 23.8. The minimum atomic E-state index is -1.20. The number of hydrogen-bond donors (Lipinski definition) is 1. The minimum Gasteiger partial charge on any atom is -0.397 e. The topological polar surface area (TPSA) is 126 Å². The van der Waals surface area contributed by atoms with Gasteiger partial charge in [-0.1, -0.05) is 92.4 Å². The largest absolute Gasteiger partial charge is 0.397 e. The van der Waals surface area contributed by atoms with E-state index in [4.69, 9.17) is 19.9 Å². The molecule has 2 amide bonds. The fraction of sp³-hybridized carbons (Fsp3) is 0.378. The number of carbonyl (C=O) groups is 1. The average molecular weight is 799 g/mol. The van der Waals surface area contributed by atoms with Gasteiger partial charge in [0.25, 0.3) is 0 Å². The van der Waals surface area contributed by atoms with Crippen molar-refractivity contribution in [1.29, 1.82) is 0 Å². The first-order chi connectivity index (χ1) is 27.9. The molecule has 0 spiro atoms. The van der Waals surface area contributed by atoms with Crippen molar-refractivity contribution in [1.82, 2.24) is 34.3 Å². The van der Waals surface area contributed by atoms with E-state index in [0.717, 1.165) is 45.8 Å². The molecule has 2 aliphatic heterocycles. The number of anilines is 1. The van der Waals surface area contributed by atoms with Crippen molar-refractivity contribution < 1.29 is 19.0 Å². The minimum absolute atomic E-state index is 0.0908. The van der Waals surface area contributed by atoms with Crippen molar-refractivity contribution >= 4 is 30.7 Å². The Hall–Kier alpha value is -5.34. The predicted molar refractivity (Wildman–Crippen MR) is 228 cm³/mol. The van der Waals surface area contributed by atoms with Crippen LogP contribution in [-0.2, 0) is 46.9 Å². The van der Waals surface area contributed by atoms with E-state index in [2.05, 4.69) is 77.3 Å². The number of ether oxygens (including phenoxy) is 3. The molecule has 2 N–H and O–H groups in total. The highest BCUT2D eigenvalue weighted by atomic mass is 28.3. The number of carbonyl (C=O) groups excluding carboxylic acids is 1. The van der Waals surface area contributed by atoms with Crippen LogP contribution in [0.3, 0.4) is 0 Å². The molecule has 4 atom stereocenters. The number of amides is 2. The number of nitrogens with zero attached hydrogens (tertiary/aromatic N) is 7. The molecule has 302 valence electrons. The molecule has 13 heteroatoms. The van der Waals surface area contributed by atoms with Crippen LogP contribution in [0.4, 0.5) is 10.5 Å². The van der Waals surface area contributed by atoms with Gasteiger partial charge in [-0.3, -0.25) is 0 Å². The van der Waals surface area contributed by atoms with Crippen LogP contribution in [0.2, 0.25) is 25.7 Å². The van der Waals surface area contributed by atoms with Gasteiger partial charge in [-0.15, -0.1) is 0 Å². The Morgan fingerprint density at radius 1 is 0.776 bits per heavy atom. The summed E-state index contributed by atoms with van der Waals surface area (Å²) in [5.74, 6) is -0.872. The average Bonchev–Trinajstić information content (AvgIpc) is 3.95. The molecule has 0 unspecified atom stereocenters. The van der Waals surface area contributed by atoms with Crippen LogP contribution < -0.4 is 5.73 Å². The third-order valence-corrected chi connectivity index (χ3v) is 12.9. The summed E-state index contributed by atoms with van der Waals surface area (Å²) in [6.45, 7) is 12.8. The zero-order valence-corrected chi connectivity index (χ0v) is 35.1. The quantitative estimate of drug-likeness (QED) is 0.0676. The van der Waals surface area contributed by atoms with E-state index in [1.165, 1.54) is 6.33 Å². The molecule has 12 nitrogen and oxygen atoms in total. The monoisotopic (exact) mass is 798 g/mol. The molecule has 2 saturated heterocycles. The lowest BCUT2D eigenvalue weighted by Gasteiger charge is -2.37. The van der Waals surface area contributed by atoms with Gasteiger partial charge in [0.2, 0.25) is 0 Å². The first kappa shape index (κ1) is 39.5. The molecule has 0 aliphatic carbocycles. The second-order valence-electron chi connectivity index (χ2n) is 17.2. The van der Waals surface area contributed by atoms with Gasteiger partial charge in [0.1, 0.15) is 31.6 Å². The van der Waals surface area contributed by atoms with E-state index < -0.39 is 26.1 Å². The Morgan fingerprint density at radius 2 is 1.38 bits per heavy atom. The number of fused-ring (bicyclic) bond motifs is 2. The molecule has 2 aromatic heterocycles. The summed E-state index contributed by atoms with van der Waals surface area (Å²) in [5, 5.41) is 10.0. The standard InChI is InChI=1S/C45H54N8O4Si/c1-45(2)56-42-40(23-32-12-8-6-9-13-32)50(27-34-17-19-38-36(22-34)26-48-53(38)31-55-20-21-58(3,4)5)44(54)51(41(43(42)57-45)24-33-14-10-7-11-15-33)28-35-16-18-37(46)39(25-35)52-30-47-29-49-52/h6-19,22,25-26,29-30,40-43H,20-21,23-24,27-28,31,46H2,1-5H3/t40-,41-,42+,43+/m1/s1. The van der Waals surface area contributed by atoms with Crippen molar-refractivity contribution in [3.05, 3.63) is 138 Å². The van der Waals surface area contributed by atoms with Crippen LogP contribution >= 0.6 is 0 Å². The van der Waals surface area contributed by atoms with Gasteiger partial charge in [0.05, 0.1) is 35.2 Å². The van der Waals surface area contributed by atoms with Crippen LogP contribution in [0.1, 0.15) is 36.1 Å². The van der Waals surface area contributed by atoms with E-state index in [0.29, 0.717) is 44.0 Å². The lowest BCUT2D eigenvalue weighted by molar-refractivity contribution is -0.157. The molecule has 2 aliphatic rings. The molecule has 58 heavy (non-hydrogen) atoms. The van der Waals surface area contributed by atoms with E-state index in [-0.39, 0.29) is 18.1 Å². The van der Waals surface area contributed by atoms with E-state index >= 15 is 4.79 Å². The maximum atomic E-state index is 15.7. The SMILES string of the molecule is CC1(C)O[C@@H]2[C@@H](O1)[C@@H](Cc1ccccc1)N(Cc1ccc3c(cnn3COCC[Si](C)(C)C)c1)C(=O)N(Cc1ccc(N)c(-n3cncn3)c1)[C@@H]2Cc1ccccc1. The number of nitrogen functional groups attached to an aromatic ring is 1. The molecule has 0 bridgehead atoms. The third kappa shape index (κ3) is 8.87. The first-order valence-electron chi connectivity index (χ1n) is 20.2. The van der Waals surface area contributed by atoms with Gasteiger partial charge in [-0.05, 0) is 79.3 Å². The third-order valence-electron chi connectivity index (χ3n) is 11.2. The van der Waals surface area contributed by atoms with Crippen molar-refractivity contribution in [3.8, 4) is 5.69 Å². The predicted octanol–water partition coefficient (Wildman–Crippen LogP) is 7.69. The molecule has 4 heterocycles. The lowest BCUT2D eigenvalue weighted by atomic mass is 9.91. The Bertz CT molecular complexity index is 2310. The fourth-order valence-electron chi connectivity index (χ4n) is 8.23. The van der Waals surface area contributed by atoms with Crippen LogP contribution in [-0.4, -0.2) is 85.1 Å². The number of hydrogen-bond acceptors (Lipinski definition) is 8.